The van der Waals surface area contributed by atoms with Crippen molar-refractivity contribution < 1.29 is 19.1 Å². The summed E-state index contributed by atoms with van der Waals surface area (Å²) in [6.45, 7) is 1.72. The molecule has 0 radical (unpaired) electrons. The summed E-state index contributed by atoms with van der Waals surface area (Å²) in [5.74, 6) is 0.0112. The fraction of sp³-hybridized carbons (Fsp3) is 0.400. The van der Waals surface area contributed by atoms with Crippen molar-refractivity contribution in [3.8, 4) is 5.75 Å². The Hall–Kier alpha value is -2.57. The quantitative estimate of drug-likeness (QED) is 0.740. The zero-order valence-electron chi connectivity index (χ0n) is 12.6. The number of para-hydroxylation sites is 1. The number of ether oxygens (including phenoxy) is 1. The Morgan fingerprint density at radius 3 is 2.73 bits per heavy atom. The zero-order chi connectivity index (χ0) is 16.1. The van der Waals surface area contributed by atoms with Gasteiger partial charge in [0, 0.05) is 6.54 Å². The molecule has 7 heteroatoms. The normalized spacial score (nSPS) is 17.4. The van der Waals surface area contributed by atoms with E-state index in [1.54, 1.807) is 14.0 Å². The lowest BCUT2D eigenvalue weighted by molar-refractivity contribution is -0.131. The van der Waals surface area contributed by atoms with Crippen LogP contribution in [0.4, 0.5) is 4.79 Å². The first-order valence-corrected chi connectivity index (χ1v) is 7.03. The first-order chi connectivity index (χ1) is 10.5. The Kier molecular flexibility index (Phi) is 4.98. The first kappa shape index (κ1) is 15.8. The molecule has 118 valence electrons. The molecular weight excluding hydrogens is 286 g/mol. The summed E-state index contributed by atoms with van der Waals surface area (Å²) in [6, 6.07) is 6.44. The van der Waals surface area contributed by atoms with Gasteiger partial charge in [0.15, 0.2) is 0 Å². The van der Waals surface area contributed by atoms with Gasteiger partial charge in [-0.1, -0.05) is 18.2 Å². The second-order valence-electron chi connectivity index (χ2n) is 5.01. The van der Waals surface area contributed by atoms with Gasteiger partial charge in [-0.05, 0) is 25.0 Å². The van der Waals surface area contributed by atoms with Crippen LogP contribution in [0.1, 0.15) is 12.5 Å². The Balaban J connectivity index is 1.81. The van der Waals surface area contributed by atoms with E-state index in [1.165, 1.54) is 0 Å². The topological polar surface area (TPSA) is 87.7 Å². The lowest BCUT2D eigenvalue weighted by atomic mass is 10.1. The first-order valence-electron chi connectivity index (χ1n) is 7.03. The van der Waals surface area contributed by atoms with Crippen LogP contribution in [-0.4, -0.2) is 49.0 Å². The van der Waals surface area contributed by atoms with E-state index in [-0.39, 0.29) is 18.4 Å². The minimum absolute atomic E-state index is 0.263. The SMILES string of the molecule is COc1ccccc1CCNC(=O)CN1C(=O)NC(C)C1=O. The third-order valence-electron chi connectivity index (χ3n) is 3.43. The molecule has 0 bridgehead atoms. The molecule has 2 N–H and O–H groups in total. The third kappa shape index (κ3) is 3.55. The minimum Gasteiger partial charge on any atom is -0.496 e. The second kappa shape index (κ2) is 6.93. The maximum absolute atomic E-state index is 11.8. The van der Waals surface area contributed by atoms with Crippen LogP contribution < -0.4 is 15.4 Å². The molecule has 1 atom stereocenters. The highest BCUT2D eigenvalue weighted by molar-refractivity contribution is 6.06. The average molecular weight is 305 g/mol. The molecule has 2 rings (SSSR count). The molecule has 0 aromatic heterocycles. The van der Waals surface area contributed by atoms with Crippen molar-refractivity contribution in [2.24, 2.45) is 0 Å². The van der Waals surface area contributed by atoms with E-state index in [1.807, 2.05) is 24.3 Å². The number of nitrogens with zero attached hydrogens (tertiary/aromatic N) is 1. The molecule has 1 aliphatic rings. The van der Waals surface area contributed by atoms with E-state index < -0.39 is 12.1 Å². The number of rotatable bonds is 6. The van der Waals surface area contributed by atoms with E-state index in [2.05, 4.69) is 10.6 Å². The highest BCUT2D eigenvalue weighted by Crippen LogP contribution is 2.17. The largest absolute Gasteiger partial charge is 0.496 e. The minimum atomic E-state index is -0.575. The molecule has 1 aromatic carbocycles. The number of nitrogens with one attached hydrogen (secondary N) is 2. The molecule has 1 fully saturated rings. The van der Waals surface area contributed by atoms with Gasteiger partial charge in [-0.15, -0.1) is 0 Å². The van der Waals surface area contributed by atoms with Gasteiger partial charge < -0.3 is 15.4 Å². The molecule has 1 heterocycles. The third-order valence-corrected chi connectivity index (χ3v) is 3.43. The Morgan fingerprint density at radius 1 is 1.36 bits per heavy atom. The van der Waals surface area contributed by atoms with Gasteiger partial charge in [-0.3, -0.25) is 14.5 Å². The highest BCUT2D eigenvalue weighted by Gasteiger charge is 2.35. The van der Waals surface area contributed by atoms with Gasteiger partial charge in [-0.25, -0.2) is 4.79 Å². The number of hydrogen-bond acceptors (Lipinski definition) is 4. The van der Waals surface area contributed by atoms with E-state index in [4.69, 9.17) is 4.74 Å². The van der Waals surface area contributed by atoms with Gasteiger partial charge in [0.25, 0.3) is 5.91 Å². The lowest BCUT2D eigenvalue weighted by Crippen LogP contribution is -2.41. The predicted molar refractivity (Wildman–Crippen MR) is 79.4 cm³/mol. The molecule has 7 nitrogen and oxygen atoms in total. The van der Waals surface area contributed by atoms with Gasteiger partial charge in [0.05, 0.1) is 7.11 Å². The Morgan fingerprint density at radius 2 is 2.09 bits per heavy atom. The lowest BCUT2D eigenvalue weighted by Gasteiger charge is -2.13. The summed E-state index contributed by atoms with van der Waals surface area (Å²) in [7, 11) is 1.59. The van der Waals surface area contributed by atoms with Crippen LogP contribution in [0.3, 0.4) is 0 Å². The molecule has 0 aliphatic carbocycles. The van der Waals surface area contributed by atoms with Gasteiger partial charge in [0.1, 0.15) is 18.3 Å². The molecule has 1 saturated heterocycles. The van der Waals surface area contributed by atoms with Gasteiger partial charge in [0.2, 0.25) is 5.91 Å². The number of hydrogen-bond donors (Lipinski definition) is 2. The van der Waals surface area contributed by atoms with Crippen molar-refractivity contribution in [2.75, 3.05) is 20.2 Å². The summed E-state index contributed by atoms with van der Waals surface area (Å²) < 4.78 is 5.23. The maximum Gasteiger partial charge on any atom is 0.325 e. The van der Waals surface area contributed by atoms with Crippen molar-refractivity contribution >= 4 is 17.8 Å². The van der Waals surface area contributed by atoms with Crippen LogP contribution >= 0.6 is 0 Å². The van der Waals surface area contributed by atoms with Crippen LogP contribution in [0.2, 0.25) is 0 Å². The highest BCUT2D eigenvalue weighted by atomic mass is 16.5. The second-order valence-corrected chi connectivity index (χ2v) is 5.01. The van der Waals surface area contributed by atoms with Crippen molar-refractivity contribution in [3.05, 3.63) is 29.8 Å². The number of benzene rings is 1. The summed E-state index contributed by atoms with van der Waals surface area (Å²) >= 11 is 0. The number of methoxy groups -OCH3 is 1. The molecule has 4 amide bonds. The predicted octanol–water partition coefficient (Wildman–Crippen LogP) is 0.294. The van der Waals surface area contributed by atoms with Crippen molar-refractivity contribution in [2.45, 2.75) is 19.4 Å². The van der Waals surface area contributed by atoms with Gasteiger partial charge in [-0.2, -0.15) is 0 Å². The van der Waals surface area contributed by atoms with E-state index in [0.29, 0.717) is 13.0 Å². The number of urea groups is 1. The Labute approximate surface area is 128 Å². The molecule has 1 aromatic rings. The van der Waals surface area contributed by atoms with E-state index in [0.717, 1.165) is 16.2 Å². The van der Waals surface area contributed by atoms with E-state index >= 15 is 0 Å². The van der Waals surface area contributed by atoms with Crippen LogP contribution in [-0.2, 0) is 16.0 Å². The number of carbonyl (C=O) groups excluding carboxylic acids is 3. The molecule has 1 unspecified atom stereocenters. The summed E-state index contributed by atoms with van der Waals surface area (Å²) in [6.07, 6.45) is 0.603. The standard InChI is InChI=1S/C15H19N3O4/c1-10-14(20)18(15(21)17-10)9-13(19)16-8-7-11-5-3-4-6-12(11)22-2/h3-6,10H,7-9H2,1-2H3,(H,16,19)(H,17,21). The van der Waals surface area contributed by atoms with Crippen LogP contribution in [0.15, 0.2) is 24.3 Å². The monoisotopic (exact) mass is 305 g/mol. The van der Waals surface area contributed by atoms with Crippen molar-refractivity contribution in [3.63, 3.8) is 0 Å². The fourth-order valence-corrected chi connectivity index (χ4v) is 2.25. The smallest absolute Gasteiger partial charge is 0.325 e. The summed E-state index contributed by atoms with van der Waals surface area (Å²) in [5.41, 5.74) is 0.980. The van der Waals surface area contributed by atoms with Crippen LogP contribution in [0, 0.1) is 0 Å². The Bertz CT molecular complexity index is 588. The van der Waals surface area contributed by atoms with Crippen molar-refractivity contribution in [1.82, 2.24) is 15.5 Å². The number of carbonyl (C=O) groups is 3. The molecule has 0 saturated carbocycles. The number of imide groups is 1. The molecule has 0 spiro atoms. The fourth-order valence-electron chi connectivity index (χ4n) is 2.25. The van der Waals surface area contributed by atoms with Crippen LogP contribution in [0.25, 0.3) is 0 Å². The number of amides is 4. The summed E-state index contributed by atoms with van der Waals surface area (Å²) in [4.78, 5) is 35.9. The molecular formula is C15H19N3O4. The maximum atomic E-state index is 11.8. The van der Waals surface area contributed by atoms with Gasteiger partial charge >= 0.3 is 6.03 Å². The van der Waals surface area contributed by atoms with Crippen molar-refractivity contribution in [1.29, 1.82) is 0 Å². The zero-order valence-corrected chi connectivity index (χ0v) is 12.6. The summed E-state index contributed by atoms with van der Waals surface area (Å²) in [5, 5.41) is 5.16. The molecule has 1 aliphatic heterocycles. The van der Waals surface area contributed by atoms with E-state index in [9.17, 15) is 14.4 Å². The average Bonchev–Trinajstić information content (AvgIpc) is 2.74. The van der Waals surface area contributed by atoms with Crippen LogP contribution in [0.5, 0.6) is 5.75 Å². The molecule has 22 heavy (non-hydrogen) atoms.